The van der Waals surface area contributed by atoms with Gasteiger partial charge in [0.05, 0.1) is 38.6 Å². The molecule has 0 spiro atoms. The number of fused-ring (bicyclic) bond motifs is 2. The van der Waals surface area contributed by atoms with Crippen LogP contribution in [0.15, 0.2) is 52.3 Å². The Morgan fingerprint density at radius 1 is 0.926 bits per heavy atom. The highest BCUT2D eigenvalue weighted by Crippen LogP contribution is 2.48. The summed E-state index contributed by atoms with van der Waals surface area (Å²) in [5.74, 6) is 0. The zero-order valence-electron chi connectivity index (χ0n) is 16.6. The van der Waals surface area contributed by atoms with E-state index in [1.807, 2.05) is 11.8 Å². The number of likely N-dealkylation sites (N-methyl/N-ethyl adjacent to an activating group) is 1. The lowest BCUT2D eigenvalue weighted by Crippen LogP contribution is -3.00. The fourth-order valence-electron chi connectivity index (χ4n) is 3.90. The van der Waals surface area contributed by atoms with Gasteiger partial charge in [0.2, 0.25) is 0 Å². The molecule has 2 aromatic carbocycles. The van der Waals surface area contributed by atoms with Gasteiger partial charge in [-0.25, -0.2) is 0 Å². The Bertz CT molecular complexity index is 783. The van der Waals surface area contributed by atoms with E-state index >= 15 is 0 Å². The lowest BCUT2D eigenvalue weighted by atomic mass is 10.1. The first-order valence-corrected chi connectivity index (χ1v) is 10.5. The molecule has 0 N–H and O–H groups in total. The summed E-state index contributed by atoms with van der Waals surface area (Å²) in [7, 11) is 4.69. The van der Waals surface area contributed by atoms with Crippen LogP contribution >= 0.6 is 11.8 Å². The van der Waals surface area contributed by atoms with E-state index in [-0.39, 0.29) is 24.0 Å². The van der Waals surface area contributed by atoms with E-state index < -0.39 is 0 Å². The molecule has 5 heteroatoms. The number of aryl methyl sites for hydroxylation is 1. The van der Waals surface area contributed by atoms with Gasteiger partial charge in [0.25, 0.3) is 0 Å². The van der Waals surface area contributed by atoms with Gasteiger partial charge in [-0.1, -0.05) is 30.0 Å². The van der Waals surface area contributed by atoms with E-state index in [1.54, 1.807) is 0 Å². The Kier molecular flexibility index (Phi) is 6.77. The highest BCUT2D eigenvalue weighted by molar-refractivity contribution is 7.99. The number of anilines is 2. The van der Waals surface area contributed by atoms with Gasteiger partial charge in [0.15, 0.2) is 0 Å². The van der Waals surface area contributed by atoms with E-state index in [1.165, 1.54) is 70.4 Å². The van der Waals surface area contributed by atoms with Gasteiger partial charge in [-0.15, -0.1) is 0 Å². The van der Waals surface area contributed by atoms with Crippen molar-refractivity contribution < 1.29 is 28.5 Å². The molecule has 0 amide bonds. The molecule has 2 heterocycles. The van der Waals surface area contributed by atoms with Crippen LogP contribution in [0.1, 0.15) is 12.0 Å². The maximum atomic E-state index is 2.64. The van der Waals surface area contributed by atoms with E-state index in [0.29, 0.717) is 0 Å². The number of hydrogen-bond acceptors (Lipinski definition) is 3. The van der Waals surface area contributed by atoms with Gasteiger partial charge in [-0.3, -0.25) is 4.90 Å². The standard InChI is InChI=1S/C22H30N3S.HI/c1-18-9-10-22-20(17-18)24(19-7-4-5-8-21(19)26-22)12-6-11-23-13-15-25(2,3)16-14-23;/h4-5,7-10,17H,6,11-16H2,1-3H3;1H/q+1;/p-1. The quantitative estimate of drug-likeness (QED) is 0.468. The van der Waals surface area contributed by atoms with Crippen molar-refractivity contribution in [2.75, 3.05) is 58.3 Å². The van der Waals surface area contributed by atoms with Crippen molar-refractivity contribution in [3.8, 4) is 0 Å². The molecular weight excluding hydrogens is 465 g/mol. The van der Waals surface area contributed by atoms with Gasteiger partial charge in [0.1, 0.15) is 0 Å². The van der Waals surface area contributed by atoms with Crippen LogP contribution in [-0.2, 0) is 0 Å². The zero-order valence-corrected chi connectivity index (χ0v) is 19.6. The first kappa shape index (κ1) is 21.0. The summed E-state index contributed by atoms with van der Waals surface area (Å²) >= 11 is 1.90. The lowest BCUT2D eigenvalue weighted by Gasteiger charge is -2.39. The third-order valence-corrected chi connectivity index (χ3v) is 6.81. The van der Waals surface area contributed by atoms with Crippen LogP contribution in [0.25, 0.3) is 0 Å². The van der Waals surface area contributed by atoms with E-state index in [0.717, 1.165) is 6.54 Å². The maximum absolute atomic E-state index is 2.64. The van der Waals surface area contributed by atoms with Gasteiger partial charge < -0.3 is 33.4 Å². The molecule has 0 unspecified atom stereocenters. The lowest BCUT2D eigenvalue weighted by molar-refractivity contribution is -0.894. The zero-order chi connectivity index (χ0) is 18.1. The van der Waals surface area contributed by atoms with Crippen LogP contribution in [0.4, 0.5) is 11.4 Å². The van der Waals surface area contributed by atoms with Gasteiger partial charge in [0, 0.05) is 36.0 Å². The summed E-state index contributed by atoms with van der Waals surface area (Å²) in [4.78, 5) is 7.94. The van der Waals surface area contributed by atoms with Gasteiger partial charge in [-0.2, -0.15) is 0 Å². The molecule has 27 heavy (non-hydrogen) atoms. The third-order valence-electron chi connectivity index (χ3n) is 5.68. The molecule has 3 nitrogen and oxygen atoms in total. The number of benzene rings is 2. The monoisotopic (exact) mass is 495 g/mol. The molecular formula is C22H30IN3S. The average Bonchev–Trinajstić information content (AvgIpc) is 2.63. The number of hydrogen-bond donors (Lipinski definition) is 0. The molecule has 2 aliphatic heterocycles. The van der Waals surface area contributed by atoms with Crippen LogP contribution < -0.4 is 28.9 Å². The first-order valence-electron chi connectivity index (χ1n) is 9.71. The number of piperazine rings is 1. The normalized spacial score (nSPS) is 18.4. The predicted octanol–water partition coefficient (Wildman–Crippen LogP) is 1.38. The van der Waals surface area contributed by atoms with Gasteiger partial charge >= 0.3 is 0 Å². The molecule has 0 aliphatic carbocycles. The molecule has 146 valence electrons. The molecule has 2 aromatic rings. The van der Waals surface area contributed by atoms with Crippen LogP contribution in [0.5, 0.6) is 0 Å². The Morgan fingerprint density at radius 3 is 2.41 bits per heavy atom. The number of rotatable bonds is 4. The summed E-state index contributed by atoms with van der Waals surface area (Å²) in [5.41, 5.74) is 4.09. The second-order valence-electron chi connectivity index (χ2n) is 8.27. The number of halogens is 1. The molecule has 0 aromatic heterocycles. The Hall–Kier alpha value is -0.760. The SMILES string of the molecule is Cc1ccc2c(c1)N(CCCN1CC[N+](C)(C)CC1)c1ccccc1S2.[I-]. The summed E-state index contributed by atoms with van der Waals surface area (Å²) in [6.07, 6.45) is 1.21. The Balaban J connectivity index is 0.00000210. The van der Waals surface area contributed by atoms with Crippen molar-refractivity contribution in [2.24, 2.45) is 0 Å². The van der Waals surface area contributed by atoms with E-state index in [4.69, 9.17) is 0 Å². The van der Waals surface area contributed by atoms with Crippen molar-refractivity contribution >= 4 is 23.1 Å². The summed E-state index contributed by atoms with van der Waals surface area (Å²) in [5, 5.41) is 0. The van der Waals surface area contributed by atoms with Crippen LogP contribution in [0, 0.1) is 6.92 Å². The van der Waals surface area contributed by atoms with Crippen LogP contribution in [-0.4, -0.2) is 62.7 Å². The number of quaternary nitrogens is 1. The Labute approximate surface area is 185 Å². The highest BCUT2D eigenvalue weighted by Gasteiger charge is 2.25. The van der Waals surface area contributed by atoms with Gasteiger partial charge in [-0.05, 0) is 43.2 Å². The third kappa shape index (κ3) is 4.81. The topological polar surface area (TPSA) is 6.48 Å². The first-order chi connectivity index (χ1) is 12.5. The summed E-state index contributed by atoms with van der Waals surface area (Å²) in [6, 6.07) is 15.7. The highest BCUT2D eigenvalue weighted by atomic mass is 127. The second-order valence-corrected chi connectivity index (χ2v) is 9.35. The minimum atomic E-state index is 0. The molecule has 0 radical (unpaired) electrons. The van der Waals surface area contributed by atoms with Crippen molar-refractivity contribution in [1.82, 2.24) is 4.90 Å². The Morgan fingerprint density at radius 2 is 1.63 bits per heavy atom. The van der Waals surface area contributed by atoms with E-state index in [9.17, 15) is 0 Å². The van der Waals surface area contributed by atoms with Crippen molar-refractivity contribution in [2.45, 2.75) is 23.1 Å². The van der Waals surface area contributed by atoms with Crippen molar-refractivity contribution in [3.63, 3.8) is 0 Å². The minimum Gasteiger partial charge on any atom is -1.00 e. The number of para-hydroxylation sites is 1. The fraction of sp³-hybridized carbons (Fsp3) is 0.455. The fourth-order valence-corrected chi connectivity index (χ4v) is 4.98. The molecule has 0 saturated carbocycles. The molecule has 4 rings (SSSR count). The van der Waals surface area contributed by atoms with Crippen LogP contribution in [0.3, 0.4) is 0 Å². The van der Waals surface area contributed by atoms with Crippen LogP contribution in [0.2, 0.25) is 0 Å². The van der Waals surface area contributed by atoms with Crippen molar-refractivity contribution in [1.29, 1.82) is 0 Å². The molecule has 2 aliphatic rings. The summed E-state index contributed by atoms with van der Waals surface area (Å²) < 4.78 is 1.17. The maximum Gasteiger partial charge on any atom is 0.0912 e. The molecule has 1 fully saturated rings. The molecule has 1 saturated heterocycles. The average molecular weight is 495 g/mol. The summed E-state index contributed by atoms with van der Waals surface area (Å²) in [6.45, 7) is 9.48. The number of nitrogens with zero attached hydrogens (tertiary/aromatic N) is 3. The largest absolute Gasteiger partial charge is 1.00 e. The minimum absolute atomic E-state index is 0. The predicted molar refractivity (Wildman–Crippen MR) is 112 cm³/mol. The molecule has 0 bridgehead atoms. The smallest absolute Gasteiger partial charge is 0.0912 e. The van der Waals surface area contributed by atoms with E-state index in [2.05, 4.69) is 73.3 Å². The van der Waals surface area contributed by atoms with Crippen molar-refractivity contribution in [3.05, 3.63) is 48.0 Å². The second kappa shape index (κ2) is 8.72. The molecule has 0 atom stereocenters.